The second-order valence-electron chi connectivity index (χ2n) is 6.57. The van der Waals surface area contributed by atoms with E-state index in [1.165, 1.54) is 0 Å². The molecule has 0 saturated carbocycles. The maximum Gasteiger partial charge on any atom is 0.306 e. The van der Waals surface area contributed by atoms with Crippen LogP contribution in [0.2, 0.25) is 0 Å². The summed E-state index contributed by atoms with van der Waals surface area (Å²) in [6, 6.07) is 9.10. The van der Waals surface area contributed by atoms with Gasteiger partial charge in [-0.15, -0.1) is 0 Å². The van der Waals surface area contributed by atoms with Crippen molar-refractivity contribution in [1.29, 1.82) is 0 Å². The Balaban J connectivity index is 2.20. The molecule has 1 heterocycles. The number of ether oxygens (including phenoxy) is 4. The molecule has 8 heteroatoms. The molecular weight excluding hydrogens is 380 g/mol. The van der Waals surface area contributed by atoms with Gasteiger partial charge in [-0.25, -0.2) is 0 Å². The number of hydrogen-bond acceptors (Lipinski definition) is 8. The van der Waals surface area contributed by atoms with Crippen molar-refractivity contribution >= 4 is 11.9 Å². The lowest BCUT2D eigenvalue weighted by Crippen LogP contribution is -2.61. The minimum absolute atomic E-state index is 0.0737. The maximum absolute atomic E-state index is 12.2. The fourth-order valence-corrected chi connectivity index (χ4v) is 2.88. The summed E-state index contributed by atoms with van der Waals surface area (Å²) in [7, 11) is 0. The van der Waals surface area contributed by atoms with Gasteiger partial charge >= 0.3 is 11.9 Å². The first kappa shape index (κ1) is 20.3. The third kappa shape index (κ3) is 7.08. The number of hydrogen-bond donors (Lipinski definition) is 2. The highest BCUT2D eigenvalue weighted by atomic mass is 16.7. The molecule has 7 atom stereocenters. The molecule has 0 aliphatic carbocycles. The van der Waals surface area contributed by atoms with E-state index in [1.54, 1.807) is 13.8 Å². The van der Waals surface area contributed by atoms with E-state index in [-0.39, 0.29) is 26.1 Å². The van der Waals surface area contributed by atoms with Crippen molar-refractivity contribution in [2.45, 2.75) is 76.8 Å². The Morgan fingerprint density at radius 2 is 1.72 bits per heavy atom. The predicted octanol–water partition coefficient (Wildman–Crippen LogP) is 1.71. The molecule has 0 bridgehead atoms. The SMILES string of the molecule is [2H]C(CC)C(=O)OC[C@H]1OC(O)[C@H](O)[C@@H](OC(=O)C([2H])CC)[C@@H]1OCc1ccccc1. The van der Waals surface area contributed by atoms with Gasteiger partial charge in [0.15, 0.2) is 12.4 Å². The monoisotopic (exact) mass is 412 g/mol. The van der Waals surface area contributed by atoms with E-state index >= 15 is 0 Å². The molecule has 0 aromatic heterocycles. The van der Waals surface area contributed by atoms with Crippen molar-refractivity contribution in [3.63, 3.8) is 0 Å². The highest BCUT2D eigenvalue weighted by Gasteiger charge is 2.48. The van der Waals surface area contributed by atoms with Gasteiger partial charge in [0.1, 0.15) is 24.9 Å². The molecule has 8 nitrogen and oxygen atoms in total. The number of aliphatic hydroxyl groups is 2. The minimum atomic E-state index is -1.72. The molecular formula is C21H30O8. The van der Waals surface area contributed by atoms with Crippen LogP contribution in [0.3, 0.4) is 0 Å². The standard InChI is InChI=1S/C21H30O8/c1-3-8-16(22)26-13-15-19(27-12-14-10-6-5-7-11-14)20(18(24)21(25)28-15)29-17(23)9-4-2/h5-7,10-11,15,18-21,24-25H,3-4,8-9,12-13H2,1-2H3/t15-,18-,19-,20-,21?/m1/s1/i8D,9D/t8?,9?,15-,18-,19-,20-,21?. The molecule has 0 spiro atoms. The third-order valence-electron chi connectivity index (χ3n) is 4.30. The van der Waals surface area contributed by atoms with E-state index in [0.717, 1.165) is 5.56 Å². The van der Waals surface area contributed by atoms with E-state index in [4.69, 9.17) is 21.7 Å². The van der Waals surface area contributed by atoms with Crippen molar-refractivity contribution in [2.75, 3.05) is 6.61 Å². The van der Waals surface area contributed by atoms with Gasteiger partial charge in [0.2, 0.25) is 0 Å². The van der Waals surface area contributed by atoms with E-state index < -0.39 is 55.4 Å². The van der Waals surface area contributed by atoms with Crippen LogP contribution in [0, 0.1) is 0 Å². The summed E-state index contributed by atoms with van der Waals surface area (Å²) in [5.74, 6) is -1.64. The molecule has 2 N–H and O–H groups in total. The smallest absolute Gasteiger partial charge is 0.306 e. The number of benzene rings is 1. The first-order valence-electron chi connectivity index (χ1n) is 10.8. The molecule has 3 unspecified atom stereocenters. The molecule has 0 amide bonds. The van der Waals surface area contributed by atoms with Crippen molar-refractivity contribution < 1.29 is 41.5 Å². The molecule has 1 fully saturated rings. The maximum atomic E-state index is 12.2. The van der Waals surface area contributed by atoms with Gasteiger partial charge in [0.25, 0.3) is 0 Å². The largest absolute Gasteiger partial charge is 0.463 e. The number of aliphatic hydroxyl groups excluding tert-OH is 2. The second-order valence-corrected chi connectivity index (χ2v) is 6.57. The molecule has 0 radical (unpaired) electrons. The van der Waals surface area contributed by atoms with Crippen LogP contribution in [0.15, 0.2) is 30.3 Å². The summed E-state index contributed by atoms with van der Waals surface area (Å²) < 4.78 is 37.0. The number of carbonyl (C=O) groups excluding carboxylic acids is 2. The summed E-state index contributed by atoms with van der Waals surface area (Å²) in [4.78, 5) is 24.1. The van der Waals surface area contributed by atoms with Crippen LogP contribution in [0.1, 0.15) is 47.8 Å². The van der Waals surface area contributed by atoms with Crippen LogP contribution in [-0.4, -0.2) is 59.5 Å². The molecule has 1 aromatic carbocycles. The number of rotatable bonds is 10. The average molecular weight is 412 g/mol. The zero-order valence-corrected chi connectivity index (χ0v) is 16.6. The molecule has 1 aliphatic heterocycles. The van der Waals surface area contributed by atoms with Crippen LogP contribution in [0.4, 0.5) is 0 Å². The summed E-state index contributed by atoms with van der Waals surface area (Å²) in [6.07, 6.45) is -8.61. The van der Waals surface area contributed by atoms with Gasteiger partial charge in [-0.3, -0.25) is 9.59 Å². The summed E-state index contributed by atoms with van der Waals surface area (Å²) in [5.41, 5.74) is 0.799. The summed E-state index contributed by atoms with van der Waals surface area (Å²) in [6.45, 7) is 3.01. The fraction of sp³-hybridized carbons (Fsp3) is 0.619. The molecule has 162 valence electrons. The lowest BCUT2D eigenvalue weighted by Gasteiger charge is -2.42. The number of carbonyl (C=O) groups is 2. The zero-order valence-electron chi connectivity index (χ0n) is 18.6. The summed E-state index contributed by atoms with van der Waals surface area (Å²) >= 11 is 0. The van der Waals surface area contributed by atoms with Crippen LogP contribution >= 0.6 is 0 Å². The van der Waals surface area contributed by atoms with E-state index in [1.807, 2.05) is 30.3 Å². The minimum Gasteiger partial charge on any atom is -0.463 e. The van der Waals surface area contributed by atoms with Gasteiger partial charge in [-0.05, 0) is 18.4 Å². The van der Waals surface area contributed by atoms with Gasteiger partial charge < -0.3 is 29.2 Å². The Labute approximate surface area is 173 Å². The second kappa shape index (κ2) is 11.9. The molecule has 1 saturated heterocycles. The van der Waals surface area contributed by atoms with Crippen molar-refractivity contribution in [2.24, 2.45) is 0 Å². The third-order valence-corrected chi connectivity index (χ3v) is 4.30. The van der Waals surface area contributed by atoms with E-state index in [0.29, 0.717) is 0 Å². The topological polar surface area (TPSA) is 112 Å². The highest BCUT2D eigenvalue weighted by molar-refractivity contribution is 5.69. The normalized spacial score (nSPS) is 29.9. The van der Waals surface area contributed by atoms with E-state index in [2.05, 4.69) is 0 Å². The average Bonchev–Trinajstić information content (AvgIpc) is 2.79. The van der Waals surface area contributed by atoms with Crippen molar-refractivity contribution in [1.82, 2.24) is 0 Å². The first-order valence-corrected chi connectivity index (χ1v) is 9.67. The Morgan fingerprint density at radius 3 is 2.38 bits per heavy atom. The Morgan fingerprint density at radius 1 is 1.07 bits per heavy atom. The van der Waals surface area contributed by atoms with Crippen molar-refractivity contribution in [3.05, 3.63) is 35.9 Å². The first-order chi connectivity index (χ1) is 14.8. The molecule has 1 aromatic rings. The molecule has 29 heavy (non-hydrogen) atoms. The van der Waals surface area contributed by atoms with Crippen LogP contribution < -0.4 is 0 Å². The highest BCUT2D eigenvalue weighted by Crippen LogP contribution is 2.27. The van der Waals surface area contributed by atoms with Crippen LogP contribution in [0.25, 0.3) is 0 Å². The molecule has 1 aliphatic rings. The van der Waals surface area contributed by atoms with Gasteiger partial charge in [0, 0.05) is 15.5 Å². The summed E-state index contributed by atoms with van der Waals surface area (Å²) in [5, 5.41) is 20.5. The zero-order chi connectivity index (χ0) is 23.0. The Hall–Kier alpha value is -2.00. The number of esters is 2. The van der Waals surface area contributed by atoms with Gasteiger partial charge in [-0.2, -0.15) is 0 Å². The lowest BCUT2D eigenvalue weighted by atomic mass is 9.98. The van der Waals surface area contributed by atoms with E-state index in [9.17, 15) is 19.8 Å². The van der Waals surface area contributed by atoms with Crippen LogP contribution in [-0.2, 0) is 35.1 Å². The molecule has 2 rings (SSSR count). The predicted molar refractivity (Wildman–Crippen MR) is 103 cm³/mol. The fourth-order valence-electron chi connectivity index (χ4n) is 2.88. The quantitative estimate of drug-likeness (QED) is 0.559. The van der Waals surface area contributed by atoms with Crippen LogP contribution in [0.5, 0.6) is 0 Å². The Kier molecular flexibility index (Phi) is 8.30. The lowest BCUT2D eigenvalue weighted by molar-refractivity contribution is -0.299. The van der Waals surface area contributed by atoms with Crippen molar-refractivity contribution in [3.8, 4) is 0 Å². The Bertz CT molecular complexity index is 704. The van der Waals surface area contributed by atoms with Gasteiger partial charge in [0.05, 0.1) is 6.61 Å². The van der Waals surface area contributed by atoms with Gasteiger partial charge in [-0.1, -0.05) is 44.2 Å².